The topological polar surface area (TPSA) is 45.2 Å². The van der Waals surface area contributed by atoms with E-state index in [1.807, 2.05) is 13.1 Å². The highest BCUT2D eigenvalue weighted by Crippen LogP contribution is 2.33. The third kappa shape index (κ3) is 2.50. The van der Waals surface area contributed by atoms with E-state index in [2.05, 4.69) is 28.3 Å². The number of likely N-dealkylation sites (tertiary alicyclic amines) is 1. The number of rotatable bonds is 1. The SMILES string of the molecule is Cc1cnc2c(c1)CC(C1CCN(C)CC1)C(=O)N2. The standard InChI is InChI=1S/C15H21N3O/c1-10-7-12-8-13(11-3-5-18(2)6-4-11)15(19)17-14(12)16-9-10/h7,9,11,13H,3-6,8H2,1-2H3,(H,16,17,19). The Balaban J connectivity index is 1.79. The van der Waals surface area contributed by atoms with Gasteiger partial charge in [-0.25, -0.2) is 4.98 Å². The molecule has 0 bridgehead atoms. The number of carbonyl (C=O) groups excluding carboxylic acids is 1. The number of carbonyl (C=O) groups is 1. The maximum Gasteiger partial charge on any atom is 0.229 e. The monoisotopic (exact) mass is 259 g/mol. The van der Waals surface area contributed by atoms with Crippen LogP contribution in [0.2, 0.25) is 0 Å². The summed E-state index contributed by atoms with van der Waals surface area (Å²) in [5, 5.41) is 2.98. The van der Waals surface area contributed by atoms with E-state index in [1.54, 1.807) is 0 Å². The Morgan fingerprint density at radius 1 is 1.37 bits per heavy atom. The van der Waals surface area contributed by atoms with Crippen molar-refractivity contribution in [3.8, 4) is 0 Å². The molecule has 102 valence electrons. The molecule has 1 unspecified atom stereocenters. The van der Waals surface area contributed by atoms with Gasteiger partial charge in [0.1, 0.15) is 5.82 Å². The van der Waals surface area contributed by atoms with Crippen LogP contribution in [0.4, 0.5) is 5.82 Å². The van der Waals surface area contributed by atoms with E-state index >= 15 is 0 Å². The van der Waals surface area contributed by atoms with Crippen LogP contribution < -0.4 is 5.32 Å². The molecule has 3 rings (SSSR count). The zero-order valence-electron chi connectivity index (χ0n) is 11.6. The van der Waals surface area contributed by atoms with Crippen LogP contribution in [-0.4, -0.2) is 35.9 Å². The van der Waals surface area contributed by atoms with Crippen LogP contribution in [0.25, 0.3) is 0 Å². The van der Waals surface area contributed by atoms with E-state index in [4.69, 9.17) is 0 Å². The van der Waals surface area contributed by atoms with Crippen molar-refractivity contribution >= 4 is 11.7 Å². The number of pyridine rings is 1. The number of aryl methyl sites for hydroxylation is 1. The number of nitrogens with zero attached hydrogens (tertiary/aromatic N) is 2. The van der Waals surface area contributed by atoms with Gasteiger partial charge >= 0.3 is 0 Å². The van der Waals surface area contributed by atoms with Gasteiger partial charge in [-0.15, -0.1) is 0 Å². The number of nitrogens with one attached hydrogen (secondary N) is 1. The van der Waals surface area contributed by atoms with E-state index in [0.717, 1.165) is 43.7 Å². The average Bonchev–Trinajstić information content (AvgIpc) is 2.40. The zero-order valence-corrected chi connectivity index (χ0v) is 11.6. The van der Waals surface area contributed by atoms with E-state index in [9.17, 15) is 4.79 Å². The number of hydrogen-bond acceptors (Lipinski definition) is 3. The molecule has 1 N–H and O–H groups in total. The smallest absolute Gasteiger partial charge is 0.229 e. The van der Waals surface area contributed by atoms with Crippen LogP contribution >= 0.6 is 0 Å². The molecule has 1 fully saturated rings. The molecular weight excluding hydrogens is 238 g/mol. The molecule has 0 spiro atoms. The summed E-state index contributed by atoms with van der Waals surface area (Å²) in [4.78, 5) is 18.9. The molecule has 1 saturated heterocycles. The summed E-state index contributed by atoms with van der Waals surface area (Å²) in [6.07, 6.45) is 4.92. The number of anilines is 1. The Morgan fingerprint density at radius 2 is 2.11 bits per heavy atom. The Bertz CT molecular complexity index is 492. The molecule has 19 heavy (non-hydrogen) atoms. The summed E-state index contributed by atoms with van der Waals surface area (Å²) >= 11 is 0. The minimum absolute atomic E-state index is 0.129. The molecule has 3 heterocycles. The molecule has 4 nitrogen and oxygen atoms in total. The van der Waals surface area contributed by atoms with Gasteiger partial charge in [0.25, 0.3) is 0 Å². The van der Waals surface area contributed by atoms with Gasteiger partial charge in [-0.1, -0.05) is 6.07 Å². The number of aromatic nitrogens is 1. The first-order chi connectivity index (χ1) is 9.13. The molecule has 0 saturated carbocycles. The average molecular weight is 259 g/mol. The molecule has 0 radical (unpaired) electrons. The second kappa shape index (κ2) is 4.93. The number of fused-ring (bicyclic) bond motifs is 1. The molecule has 2 aliphatic heterocycles. The lowest BCUT2D eigenvalue weighted by Gasteiger charge is -2.35. The second-order valence-electron chi connectivity index (χ2n) is 5.96. The van der Waals surface area contributed by atoms with E-state index in [-0.39, 0.29) is 11.8 Å². The van der Waals surface area contributed by atoms with Gasteiger partial charge in [0, 0.05) is 12.1 Å². The molecule has 1 aromatic heterocycles. The first kappa shape index (κ1) is 12.6. The summed E-state index contributed by atoms with van der Waals surface area (Å²) in [6.45, 7) is 4.26. The molecule has 1 amide bonds. The van der Waals surface area contributed by atoms with Crippen molar-refractivity contribution in [2.24, 2.45) is 11.8 Å². The highest BCUT2D eigenvalue weighted by Gasteiger charge is 2.34. The molecule has 1 atom stereocenters. The molecule has 1 aromatic rings. The van der Waals surface area contributed by atoms with E-state index in [0.29, 0.717) is 5.92 Å². The van der Waals surface area contributed by atoms with Crippen molar-refractivity contribution < 1.29 is 4.79 Å². The van der Waals surface area contributed by atoms with Crippen molar-refractivity contribution in [1.29, 1.82) is 0 Å². The van der Waals surface area contributed by atoms with Crippen molar-refractivity contribution in [2.75, 3.05) is 25.5 Å². The maximum atomic E-state index is 12.3. The summed E-state index contributed by atoms with van der Waals surface area (Å²) in [5.41, 5.74) is 2.36. The van der Waals surface area contributed by atoms with Crippen LogP contribution in [0.1, 0.15) is 24.0 Å². The van der Waals surface area contributed by atoms with E-state index < -0.39 is 0 Å². The van der Waals surface area contributed by atoms with Crippen molar-refractivity contribution in [3.63, 3.8) is 0 Å². The molecule has 0 aromatic carbocycles. The molecular formula is C15H21N3O. The third-order valence-corrected chi connectivity index (χ3v) is 4.45. The third-order valence-electron chi connectivity index (χ3n) is 4.45. The van der Waals surface area contributed by atoms with Crippen LogP contribution in [0.3, 0.4) is 0 Å². The highest BCUT2D eigenvalue weighted by molar-refractivity contribution is 5.94. The fraction of sp³-hybridized carbons (Fsp3) is 0.600. The Kier molecular flexibility index (Phi) is 3.27. The summed E-state index contributed by atoms with van der Waals surface area (Å²) < 4.78 is 0. The number of piperidine rings is 1. The van der Waals surface area contributed by atoms with Crippen molar-refractivity contribution in [2.45, 2.75) is 26.2 Å². The van der Waals surface area contributed by atoms with Crippen LogP contribution in [0.15, 0.2) is 12.3 Å². The Labute approximate surface area is 114 Å². The van der Waals surface area contributed by atoms with Gasteiger partial charge in [-0.2, -0.15) is 0 Å². The van der Waals surface area contributed by atoms with Gasteiger partial charge in [-0.3, -0.25) is 4.79 Å². The predicted molar refractivity (Wildman–Crippen MR) is 75.0 cm³/mol. The fourth-order valence-electron chi connectivity index (χ4n) is 3.25. The fourth-order valence-corrected chi connectivity index (χ4v) is 3.25. The van der Waals surface area contributed by atoms with E-state index in [1.165, 1.54) is 5.56 Å². The van der Waals surface area contributed by atoms with Gasteiger partial charge in [0.2, 0.25) is 5.91 Å². The molecule has 4 heteroatoms. The Morgan fingerprint density at radius 3 is 2.84 bits per heavy atom. The number of amides is 1. The lowest BCUT2D eigenvalue weighted by atomic mass is 9.78. The quantitative estimate of drug-likeness (QED) is 0.837. The lowest BCUT2D eigenvalue weighted by Crippen LogP contribution is -2.40. The molecule has 0 aliphatic carbocycles. The minimum atomic E-state index is 0.129. The van der Waals surface area contributed by atoms with Gasteiger partial charge in [0.05, 0.1) is 0 Å². The maximum absolute atomic E-state index is 12.3. The van der Waals surface area contributed by atoms with Gasteiger partial charge in [-0.05, 0) is 63.4 Å². The summed E-state index contributed by atoms with van der Waals surface area (Å²) in [6, 6.07) is 2.16. The second-order valence-corrected chi connectivity index (χ2v) is 5.96. The first-order valence-corrected chi connectivity index (χ1v) is 7.08. The minimum Gasteiger partial charge on any atom is -0.310 e. The first-order valence-electron chi connectivity index (χ1n) is 7.08. The molecule has 2 aliphatic rings. The summed E-state index contributed by atoms with van der Waals surface area (Å²) in [7, 11) is 2.15. The van der Waals surface area contributed by atoms with Crippen LogP contribution in [0, 0.1) is 18.8 Å². The van der Waals surface area contributed by atoms with Gasteiger partial charge < -0.3 is 10.2 Å². The normalized spacial score (nSPS) is 24.9. The predicted octanol–water partition coefficient (Wildman–Crippen LogP) is 1.84. The lowest BCUT2D eigenvalue weighted by molar-refractivity contribution is -0.122. The largest absolute Gasteiger partial charge is 0.310 e. The number of hydrogen-bond donors (Lipinski definition) is 1. The van der Waals surface area contributed by atoms with Crippen LogP contribution in [0.5, 0.6) is 0 Å². The highest BCUT2D eigenvalue weighted by atomic mass is 16.2. The van der Waals surface area contributed by atoms with Crippen molar-refractivity contribution in [1.82, 2.24) is 9.88 Å². The summed E-state index contributed by atoms with van der Waals surface area (Å²) in [5.74, 6) is 1.58. The van der Waals surface area contributed by atoms with Crippen molar-refractivity contribution in [3.05, 3.63) is 23.4 Å². The van der Waals surface area contributed by atoms with Crippen LogP contribution in [-0.2, 0) is 11.2 Å². The zero-order chi connectivity index (χ0) is 13.4. The van der Waals surface area contributed by atoms with Gasteiger partial charge in [0.15, 0.2) is 0 Å². The Hall–Kier alpha value is -1.42.